The molecule has 0 aliphatic carbocycles. The summed E-state index contributed by atoms with van der Waals surface area (Å²) in [7, 11) is 3.64. The van der Waals surface area contributed by atoms with E-state index >= 15 is 0 Å². The predicted octanol–water partition coefficient (Wildman–Crippen LogP) is 0.374. The Bertz CT molecular complexity index is 507. The first-order valence-electron chi connectivity index (χ1n) is 5.87. The fourth-order valence-corrected chi connectivity index (χ4v) is 1.63. The normalized spacial score (nSPS) is 10.3. The lowest BCUT2D eigenvalue weighted by atomic mass is 10.00. The smallest absolute Gasteiger partial charge is 0.336 e. The first-order chi connectivity index (χ1) is 9.34. The molecular weight excluding hydrogens is 264 g/mol. The van der Waals surface area contributed by atoms with Gasteiger partial charge < -0.3 is 20.4 Å². The number of nitrogens with one attached hydrogen (secondary N) is 1. The van der Waals surface area contributed by atoms with E-state index in [2.05, 4.69) is 5.32 Å². The quantitative estimate of drug-likeness (QED) is 0.695. The zero-order valence-electron chi connectivity index (χ0n) is 11.2. The zero-order chi connectivity index (χ0) is 15.3. The molecule has 0 unspecified atom stereocenters. The number of carboxylic acid groups (broad SMARTS) is 2. The summed E-state index contributed by atoms with van der Waals surface area (Å²) >= 11 is 0. The predicted molar refractivity (Wildman–Crippen MR) is 71.2 cm³/mol. The van der Waals surface area contributed by atoms with Crippen LogP contribution in [0.3, 0.4) is 0 Å². The maximum atomic E-state index is 12.0. The number of carbonyl (C=O) groups excluding carboxylic acids is 1. The number of aromatic carboxylic acids is 2. The first kappa shape index (κ1) is 15.6. The Morgan fingerprint density at radius 3 is 2.00 bits per heavy atom. The van der Waals surface area contributed by atoms with Crippen molar-refractivity contribution in [2.24, 2.45) is 0 Å². The summed E-state index contributed by atoms with van der Waals surface area (Å²) in [5.74, 6) is -3.39. The van der Waals surface area contributed by atoms with Crippen LogP contribution in [0, 0.1) is 0 Å². The number of rotatable bonds is 6. The molecule has 0 aromatic heterocycles. The van der Waals surface area contributed by atoms with Crippen molar-refractivity contribution in [2.45, 2.75) is 0 Å². The molecule has 0 radical (unpaired) electrons. The number of carbonyl (C=O) groups is 3. The fourth-order valence-electron chi connectivity index (χ4n) is 1.63. The fraction of sp³-hybridized carbons (Fsp3) is 0.308. The van der Waals surface area contributed by atoms with Gasteiger partial charge in [0.1, 0.15) is 0 Å². The lowest BCUT2D eigenvalue weighted by Crippen LogP contribution is -2.33. The minimum atomic E-state index is -1.34. The number of hydrogen-bond acceptors (Lipinski definition) is 4. The van der Waals surface area contributed by atoms with Gasteiger partial charge in [-0.3, -0.25) is 4.79 Å². The second kappa shape index (κ2) is 6.67. The van der Waals surface area contributed by atoms with E-state index in [1.807, 2.05) is 19.0 Å². The maximum absolute atomic E-state index is 12.0. The third-order valence-electron chi connectivity index (χ3n) is 2.60. The van der Waals surface area contributed by atoms with Crippen LogP contribution in [-0.4, -0.2) is 60.1 Å². The van der Waals surface area contributed by atoms with Crippen molar-refractivity contribution in [3.05, 3.63) is 34.9 Å². The minimum absolute atomic E-state index is 0.291. The molecule has 0 heterocycles. The Morgan fingerprint density at radius 1 is 1.10 bits per heavy atom. The van der Waals surface area contributed by atoms with Gasteiger partial charge in [-0.15, -0.1) is 0 Å². The molecule has 0 saturated heterocycles. The van der Waals surface area contributed by atoms with Crippen LogP contribution in [0.1, 0.15) is 31.1 Å². The number of likely N-dealkylation sites (N-methyl/N-ethyl adjacent to an activating group) is 1. The second-order valence-electron chi connectivity index (χ2n) is 4.40. The largest absolute Gasteiger partial charge is 0.478 e. The highest BCUT2D eigenvalue weighted by Gasteiger charge is 2.23. The van der Waals surface area contributed by atoms with Crippen LogP contribution in [0.15, 0.2) is 18.2 Å². The van der Waals surface area contributed by atoms with Crippen LogP contribution in [0.25, 0.3) is 0 Å². The van der Waals surface area contributed by atoms with E-state index in [0.29, 0.717) is 13.1 Å². The highest BCUT2D eigenvalue weighted by Crippen LogP contribution is 2.15. The van der Waals surface area contributed by atoms with Gasteiger partial charge in [-0.1, -0.05) is 6.07 Å². The monoisotopic (exact) mass is 280 g/mol. The van der Waals surface area contributed by atoms with Crippen molar-refractivity contribution in [3.63, 3.8) is 0 Å². The molecular formula is C13H16N2O5. The standard InChI is InChI=1S/C13H16N2O5/c1-15(2)7-6-14-11(16)10-8(12(17)18)4-3-5-9(10)13(19)20/h3-5H,6-7H2,1-2H3,(H,14,16)(H,17,18)(H,19,20). The molecule has 20 heavy (non-hydrogen) atoms. The van der Waals surface area contributed by atoms with Gasteiger partial charge >= 0.3 is 11.9 Å². The summed E-state index contributed by atoms with van der Waals surface area (Å²) in [5, 5.41) is 20.6. The van der Waals surface area contributed by atoms with Gasteiger partial charge in [0.15, 0.2) is 0 Å². The van der Waals surface area contributed by atoms with Gasteiger partial charge in [0.25, 0.3) is 5.91 Å². The SMILES string of the molecule is CN(C)CCNC(=O)c1c(C(=O)O)cccc1C(=O)O. The average molecular weight is 280 g/mol. The Balaban J connectivity index is 3.10. The van der Waals surface area contributed by atoms with E-state index in [9.17, 15) is 14.4 Å². The Morgan fingerprint density at radius 2 is 1.60 bits per heavy atom. The van der Waals surface area contributed by atoms with Crippen LogP contribution >= 0.6 is 0 Å². The summed E-state index contributed by atoms with van der Waals surface area (Å²) < 4.78 is 0. The number of benzene rings is 1. The highest BCUT2D eigenvalue weighted by molar-refractivity contribution is 6.11. The van der Waals surface area contributed by atoms with Crippen LogP contribution < -0.4 is 5.32 Å². The zero-order valence-corrected chi connectivity index (χ0v) is 11.2. The van der Waals surface area contributed by atoms with Gasteiger partial charge in [-0.2, -0.15) is 0 Å². The van der Waals surface area contributed by atoms with E-state index in [4.69, 9.17) is 10.2 Å². The topological polar surface area (TPSA) is 107 Å². The molecule has 3 N–H and O–H groups in total. The number of carboxylic acids is 2. The van der Waals surface area contributed by atoms with Crippen molar-refractivity contribution in [1.29, 1.82) is 0 Å². The molecule has 0 aliphatic rings. The van der Waals surface area contributed by atoms with Crippen LogP contribution in [0.4, 0.5) is 0 Å². The molecule has 1 amide bonds. The summed E-state index contributed by atoms with van der Waals surface area (Å²) in [4.78, 5) is 36.1. The van der Waals surface area contributed by atoms with E-state index in [0.717, 1.165) is 0 Å². The summed E-state index contributed by atoms with van der Waals surface area (Å²) in [6.07, 6.45) is 0. The molecule has 0 atom stereocenters. The summed E-state index contributed by atoms with van der Waals surface area (Å²) in [6, 6.07) is 3.70. The molecule has 0 spiro atoms. The van der Waals surface area contributed by atoms with Crippen LogP contribution in [0.5, 0.6) is 0 Å². The lowest BCUT2D eigenvalue weighted by molar-refractivity contribution is 0.0686. The Labute approximate surface area is 115 Å². The molecule has 108 valence electrons. The number of nitrogens with zero attached hydrogens (tertiary/aromatic N) is 1. The minimum Gasteiger partial charge on any atom is -0.478 e. The van der Waals surface area contributed by atoms with Crippen LogP contribution in [0.2, 0.25) is 0 Å². The molecule has 0 fully saturated rings. The third-order valence-corrected chi connectivity index (χ3v) is 2.60. The van der Waals surface area contributed by atoms with Crippen molar-refractivity contribution in [2.75, 3.05) is 27.2 Å². The van der Waals surface area contributed by atoms with E-state index in [-0.39, 0.29) is 16.7 Å². The van der Waals surface area contributed by atoms with Gasteiger partial charge in [0.05, 0.1) is 16.7 Å². The molecule has 7 heteroatoms. The molecule has 1 rings (SSSR count). The highest BCUT2D eigenvalue weighted by atomic mass is 16.4. The van der Waals surface area contributed by atoms with Crippen LogP contribution in [-0.2, 0) is 0 Å². The Hall–Kier alpha value is -2.41. The van der Waals surface area contributed by atoms with Gasteiger partial charge in [-0.25, -0.2) is 9.59 Å². The first-order valence-corrected chi connectivity index (χ1v) is 5.87. The lowest BCUT2D eigenvalue weighted by Gasteiger charge is -2.13. The summed E-state index contributed by atoms with van der Waals surface area (Å²) in [6.45, 7) is 0.849. The average Bonchev–Trinajstić information content (AvgIpc) is 2.36. The van der Waals surface area contributed by atoms with Crippen molar-refractivity contribution in [1.82, 2.24) is 10.2 Å². The third kappa shape index (κ3) is 3.79. The maximum Gasteiger partial charge on any atom is 0.336 e. The van der Waals surface area contributed by atoms with E-state index in [1.54, 1.807) is 0 Å². The van der Waals surface area contributed by atoms with Gasteiger partial charge in [0.2, 0.25) is 0 Å². The second-order valence-corrected chi connectivity index (χ2v) is 4.40. The van der Waals surface area contributed by atoms with Gasteiger partial charge in [-0.05, 0) is 26.2 Å². The molecule has 0 aliphatic heterocycles. The van der Waals surface area contributed by atoms with E-state index < -0.39 is 17.8 Å². The van der Waals surface area contributed by atoms with Gasteiger partial charge in [0, 0.05) is 13.1 Å². The van der Waals surface area contributed by atoms with E-state index in [1.165, 1.54) is 18.2 Å². The molecule has 1 aromatic carbocycles. The molecule has 0 saturated carbocycles. The van der Waals surface area contributed by atoms with Crippen molar-refractivity contribution >= 4 is 17.8 Å². The Kier molecular flexibility index (Phi) is 5.22. The number of amides is 1. The molecule has 7 nitrogen and oxygen atoms in total. The van der Waals surface area contributed by atoms with Crippen molar-refractivity contribution < 1.29 is 24.6 Å². The molecule has 1 aromatic rings. The summed E-state index contributed by atoms with van der Waals surface area (Å²) in [5.41, 5.74) is -0.981. The number of hydrogen-bond donors (Lipinski definition) is 3. The molecule has 0 bridgehead atoms. The van der Waals surface area contributed by atoms with Crippen molar-refractivity contribution in [3.8, 4) is 0 Å².